The van der Waals surface area contributed by atoms with Crippen LogP contribution in [-0.2, 0) is 11.4 Å². The lowest BCUT2D eigenvalue weighted by molar-refractivity contribution is -0.127. The number of ether oxygens (including phenoxy) is 2. The SMILES string of the molecule is CNC(=O)C1CN(C(=O)c2cccc(OCc3csc(C)n3)c2)c2ccccc2O1. The zero-order valence-electron chi connectivity index (χ0n) is 16.6. The second kappa shape index (κ2) is 8.54. The molecule has 154 valence electrons. The van der Waals surface area contributed by atoms with E-state index in [2.05, 4.69) is 10.3 Å². The predicted molar refractivity (Wildman–Crippen MR) is 114 cm³/mol. The van der Waals surface area contributed by atoms with Gasteiger partial charge in [-0.15, -0.1) is 11.3 Å². The van der Waals surface area contributed by atoms with Gasteiger partial charge in [0.25, 0.3) is 11.8 Å². The molecule has 1 atom stereocenters. The Morgan fingerprint density at radius 1 is 1.27 bits per heavy atom. The van der Waals surface area contributed by atoms with Gasteiger partial charge in [0.15, 0.2) is 6.10 Å². The third-order valence-electron chi connectivity index (χ3n) is 4.69. The number of thiazole rings is 1. The standard InChI is InChI=1S/C22H21N3O4S/c1-14-24-16(13-30-14)12-28-17-7-5-6-15(10-17)22(27)25-11-20(21(26)23-2)29-19-9-4-3-8-18(19)25/h3-10,13,20H,11-12H2,1-2H3,(H,23,26). The molecular weight excluding hydrogens is 402 g/mol. The largest absolute Gasteiger partial charge is 0.487 e. The number of carbonyl (C=O) groups is 2. The molecule has 0 bridgehead atoms. The molecular formula is C22H21N3O4S. The number of nitrogens with one attached hydrogen (secondary N) is 1. The lowest BCUT2D eigenvalue weighted by Crippen LogP contribution is -2.50. The van der Waals surface area contributed by atoms with E-state index in [0.717, 1.165) is 10.7 Å². The molecule has 3 aromatic rings. The molecule has 30 heavy (non-hydrogen) atoms. The Bertz CT molecular complexity index is 1080. The number of para-hydroxylation sites is 2. The van der Waals surface area contributed by atoms with Gasteiger partial charge in [0.2, 0.25) is 0 Å². The van der Waals surface area contributed by atoms with E-state index in [1.165, 1.54) is 0 Å². The van der Waals surface area contributed by atoms with E-state index >= 15 is 0 Å². The normalized spacial score (nSPS) is 15.1. The summed E-state index contributed by atoms with van der Waals surface area (Å²) in [6, 6.07) is 14.2. The van der Waals surface area contributed by atoms with Crippen LogP contribution in [0.25, 0.3) is 0 Å². The number of carbonyl (C=O) groups excluding carboxylic acids is 2. The number of likely N-dealkylation sites (N-methyl/N-ethyl adjacent to an activating group) is 1. The molecule has 4 rings (SSSR count). The van der Waals surface area contributed by atoms with E-state index in [1.54, 1.807) is 59.7 Å². The molecule has 1 aromatic heterocycles. The van der Waals surface area contributed by atoms with Gasteiger partial charge in [-0.25, -0.2) is 4.98 Å². The summed E-state index contributed by atoms with van der Waals surface area (Å²) in [5.74, 6) is 0.570. The van der Waals surface area contributed by atoms with E-state index < -0.39 is 6.10 Å². The Balaban J connectivity index is 1.56. The van der Waals surface area contributed by atoms with Gasteiger partial charge in [-0.3, -0.25) is 9.59 Å². The zero-order chi connectivity index (χ0) is 21.1. The van der Waals surface area contributed by atoms with Crippen molar-refractivity contribution in [3.8, 4) is 11.5 Å². The highest BCUT2D eigenvalue weighted by atomic mass is 32.1. The van der Waals surface area contributed by atoms with Crippen LogP contribution >= 0.6 is 11.3 Å². The first-order chi connectivity index (χ1) is 14.5. The van der Waals surface area contributed by atoms with Crippen LogP contribution in [0.5, 0.6) is 11.5 Å². The van der Waals surface area contributed by atoms with Gasteiger partial charge >= 0.3 is 0 Å². The second-order valence-electron chi connectivity index (χ2n) is 6.78. The van der Waals surface area contributed by atoms with Crippen molar-refractivity contribution >= 4 is 28.8 Å². The number of nitrogens with zero attached hydrogens (tertiary/aromatic N) is 2. The molecule has 2 amide bonds. The summed E-state index contributed by atoms with van der Waals surface area (Å²) >= 11 is 1.57. The minimum Gasteiger partial charge on any atom is -0.487 e. The average molecular weight is 423 g/mol. The fraction of sp³-hybridized carbons (Fsp3) is 0.227. The number of fused-ring (bicyclic) bond motifs is 1. The Morgan fingerprint density at radius 3 is 2.87 bits per heavy atom. The molecule has 2 aromatic carbocycles. The highest BCUT2D eigenvalue weighted by Gasteiger charge is 2.33. The lowest BCUT2D eigenvalue weighted by Gasteiger charge is -2.34. The maximum atomic E-state index is 13.3. The summed E-state index contributed by atoms with van der Waals surface area (Å²) < 4.78 is 11.6. The third-order valence-corrected chi connectivity index (χ3v) is 5.51. The molecule has 1 unspecified atom stereocenters. The van der Waals surface area contributed by atoms with Crippen LogP contribution in [0, 0.1) is 6.92 Å². The van der Waals surface area contributed by atoms with Crippen molar-refractivity contribution in [1.29, 1.82) is 0 Å². The number of aryl methyl sites for hydroxylation is 1. The monoisotopic (exact) mass is 423 g/mol. The van der Waals surface area contributed by atoms with Gasteiger partial charge in [0.1, 0.15) is 18.1 Å². The maximum Gasteiger partial charge on any atom is 0.262 e. The molecule has 1 aliphatic rings. The molecule has 0 fully saturated rings. The van der Waals surface area contributed by atoms with Crippen molar-refractivity contribution in [2.75, 3.05) is 18.5 Å². The van der Waals surface area contributed by atoms with Crippen molar-refractivity contribution in [2.24, 2.45) is 0 Å². The van der Waals surface area contributed by atoms with Crippen LogP contribution in [0.3, 0.4) is 0 Å². The van der Waals surface area contributed by atoms with E-state index in [9.17, 15) is 9.59 Å². The van der Waals surface area contributed by atoms with E-state index in [1.807, 2.05) is 24.4 Å². The lowest BCUT2D eigenvalue weighted by atomic mass is 10.1. The average Bonchev–Trinajstić information content (AvgIpc) is 3.21. The van der Waals surface area contributed by atoms with Crippen LogP contribution in [0.15, 0.2) is 53.9 Å². The van der Waals surface area contributed by atoms with Gasteiger partial charge in [-0.1, -0.05) is 18.2 Å². The Kier molecular flexibility index (Phi) is 5.67. The minimum atomic E-state index is -0.777. The minimum absolute atomic E-state index is 0.124. The smallest absolute Gasteiger partial charge is 0.262 e. The molecule has 1 aliphatic heterocycles. The van der Waals surface area contributed by atoms with Crippen LogP contribution in [-0.4, -0.2) is 36.5 Å². The van der Waals surface area contributed by atoms with E-state index in [4.69, 9.17) is 9.47 Å². The van der Waals surface area contributed by atoms with Gasteiger partial charge in [-0.2, -0.15) is 0 Å². The molecule has 8 heteroatoms. The van der Waals surface area contributed by atoms with Crippen LogP contribution in [0.4, 0.5) is 5.69 Å². The molecule has 0 saturated carbocycles. The van der Waals surface area contributed by atoms with Crippen LogP contribution in [0.1, 0.15) is 21.1 Å². The summed E-state index contributed by atoms with van der Waals surface area (Å²) in [6.45, 7) is 2.40. The van der Waals surface area contributed by atoms with Crippen molar-refractivity contribution in [3.63, 3.8) is 0 Å². The van der Waals surface area contributed by atoms with Crippen molar-refractivity contribution in [3.05, 3.63) is 70.2 Å². The number of aromatic nitrogens is 1. The number of rotatable bonds is 5. The summed E-state index contributed by atoms with van der Waals surface area (Å²) in [4.78, 5) is 31.4. The van der Waals surface area contributed by atoms with Crippen molar-refractivity contribution < 1.29 is 19.1 Å². The number of benzene rings is 2. The number of anilines is 1. The van der Waals surface area contributed by atoms with E-state index in [-0.39, 0.29) is 18.4 Å². The topological polar surface area (TPSA) is 80.8 Å². The molecule has 7 nitrogen and oxygen atoms in total. The first kappa shape index (κ1) is 19.9. The van der Waals surface area contributed by atoms with Crippen molar-refractivity contribution in [1.82, 2.24) is 10.3 Å². The maximum absolute atomic E-state index is 13.3. The van der Waals surface area contributed by atoms with Crippen LogP contribution in [0.2, 0.25) is 0 Å². The summed E-state index contributed by atoms with van der Waals surface area (Å²) in [6.07, 6.45) is -0.777. The number of hydrogen-bond donors (Lipinski definition) is 1. The van der Waals surface area contributed by atoms with Gasteiger partial charge in [0, 0.05) is 18.0 Å². The van der Waals surface area contributed by atoms with Crippen LogP contribution < -0.4 is 19.7 Å². The highest BCUT2D eigenvalue weighted by molar-refractivity contribution is 7.09. The Morgan fingerprint density at radius 2 is 2.10 bits per heavy atom. The summed E-state index contributed by atoms with van der Waals surface area (Å²) in [5.41, 5.74) is 1.95. The Labute approximate surface area is 178 Å². The second-order valence-corrected chi connectivity index (χ2v) is 7.84. The number of amides is 2. The van der Waals surface area contributed by atoms with Gasteiger partial charge in [0.05, 0.1) is 22.9 Å². The predicted octanol–water partition coefficient (Wildman–Crippen LogP) is 3.18. The van der Waals surface area contributed by atoms with Gasteiger partial charge in [-0.05, 0) is 37.3 Å². The summed E-state index contributed by atoms with van der Waals surface area (Å²) in [5, 5.41) is 5.51. The molecule has 0 saturated heterocycles. The van der Waals surface area contributed by atoms with Crippen molar-refractivity contribution in [2.45, 2.75) is 19.6 Å². The first-order valence-corrected chi connectivity index (χ1v) is 10.4. The summed E-state index contributed by atoms with van der Waals surface area (Å²) in [7, 11) is 1.54. The first-order valence-electron chi connectivity index (χ1n) is 9.48. The zero-order valence-corrected chi connectivity index (χ0v) is 17.4. The fourth-order valence-electron chi connectivity index (χ4n) is 3.23. The molecule has 0 aliphatic carbocycles. The fourth-order valence-corrected chi connectivity index (χ4v) is 3.83. The van der Waals surface area contributed by atoms with E-state index in [0.29, 0.717) is 29.4 Å². The highest BCUT2D eigenvalue weighted by Crippen LogP contribution is 2.34. The molecule has 1 N–H and O–H groups in total. The Hall–Kier alpha value is -3.39. The number of hydrogen-bond acceptors (Lipinski definition) is 6. The molecule has 2 heterocycles. The molecule has 0 radical (unpaired) electrons. The van der Waals surface area contributed by atoms with Gasteiger partial charge < -0.3 is 19.7 Å². The molecule has 0 spiro atoms. The third kappa shape index (κ3) is 4.13. The quantitative estimate of drug-likeness (QED) is 0.682.